The second kappa shape index (κ2) is 4.66. The molecule has 1 aromatic carbocycles. The summed E-state index contributed by atoms with van der Waals surface area (Å²) in [6.45, 7) is 1.79. The van der Waals surface area contributed by atoms with Gasteiger partial charge in [0.05, 0.1) is 25.1 Å². The molecule has 2 rings (SSSR count). The predicted molar refractivity (Wildman–Crippen MR) is 60.5 cm³/mol. The van der Waals surface area contributed by atoms with Crippen LogP contribution in [0.4, 0.5) is 0 Å². The van der Waals surface area contributed by atoms with Crippen LogP contribution in [-0.4, -0.2) is 23.6 Å². The van der Waals surface area contributed by atoms with E-state index in [0.29, 0.717) is 5.25 Å². The van der Waals surface area contributed by atoms with E-state index in [1.165, 1.54) is 4.90 Å². The molecule has 0 saturated carbocycles. The van der Waals surface area contributed by atoms with Crippen molar-refractivity contribution >= 4 is 27.7 Å². The zero-order valence-electron chi connectivity index (χ0n) is 7.57. The van der Waals surface area contributed by atoms with E-state index in [2.05, 4.69) is 15.9 Å². The molecule has 0 radical (unpaired) electrons. The lowest BCUT2D eigenvalue weighted by molar-refractivity contribution is 0.0455. The lowest BCUT2D eigenvalue weighted by Crippen LogP contribution is -2.30. The number of aliphatic hydroxyl groups is 1. The van der Waals surface area contributed by atoms with E-state index in [9.17, 15) is 0 Å². The molecule has 0 unspecified atom stereocenters. The Morgan fingerprint density at radius 2 is 2.29 bits per heavy atom. The van der Waals surface area contributed by atoms with Gasteiger partial charge in [-0.3, -0.25) is 0 Å². The third kappa shape index (κ3) is 2.31. The number of ether oxygens (including phenoxy) is 1. The number of benzene rings is 1. The Hall–Kier alpha value is -0.0300. The van der Waals surface area contributed by atoms with Crippen molar-refractivity contribution in [1.29, 1.82) is 0 Å². The Morgan fingerprint density at radius 3 is 2.79 bits per heavy atom. The molecular weight excluding hydrogens is 264 g/mol. The summed E-state index contributed by atoms with van der Waals surface area (Å²) >= 11 is 5.32. The van der Waals surface area contributed by atoms with Crippen LogP contribution in [0.1, 0.15) is 5.56 Å². The Morgan fingerprint density at radius 1 is 1.50 bits per heavy atom. The van der Waals surface area contributed by atoms with Gasteiger partial charge in [0, 0.05) is 9.37 Å². The van der Waals surface area contributed by atoms with Gasteiger partial charge < -0.3 is 9.84 Å². The molecule has 1 aromatic rings. The van der Waals surface area contributed by atoms with E-state index in [-0.39, 0.29) is 6.61 Å². The first kappa shape index (κ1) is 10.5. The van der Waals surface area contributed by atoms with E-state index >= 15 is 0 Å². The Labute approximate surface area is 95.8 Å². The maximum absolute atomic E-state index is 8.94. The van der Waals surface area contributed by atoms with Gasteiger partial charge >= 0.3 is 0 Å². The lowest BCUT2D eigenvalue weighted by atomic mass is 10.2. The molecule has 0 aromatic heterocycles. The average molecular weight is 275 g/mol. The standard InChI is InChI=1S/C10H11BrO2S/c11-9-3-7(4-12)1-2-10(9)14-8-5-13-6-8/h1-3,8,12H,4-6H2. The van der Waals surface area contributed by atoms with Crippen LogP contribution in [-0.2, 0) is 11.3 Å². The van der Waals surface area contributed by atoms with Crippen molar-refractivity contribution in [1.82, 2.24) is 0 Å². The number of hydrogen-bond donors (Lipinski definition) is 1. The zero-order valence-corrected chi connectivity index (χ0v) is 9.97. The monoisotopic (exact) mass is 274 g/mol. The minimum Gasteiger partial charge on any atom is -0.392 e. The molecule has 0 spiro atoms. The number of hydrogen-bond acceptors (Lipinski definition) is 3. The molecule has 0 aliphatic carbocycles. The SMILES string of the molecule is OCc1ccc(SC2COC2)c(Br)c1. The topological polar surface area (TPSA) is 29.5 Å². The predicted octanol–water partition coefficient (Wildman–Crippen LogP) is 2.43. The molecule has 1 saturated heterocycles. The molecule has 1 heterocycles. The van der Waals surface area contributed by atoms with E-state index in [0.717, 1.165) is 23.2 Å². The van der Waals surface area contributed by atoms with Gasteiger partial charge in [0.15, 0.2) is 0 Å². The molecule has 0 atom stereocenters. The summed E-state index contributed by atoms with van der Waals surface area (Å²) in [6.07, 6.45) is 0. The third-order valence-electron chi connectivity index (χ3n) is 2.08. The summed E-state index contributed by atoms with van der Waals surface area (Å²) in [4.78, 5) is 1.22. The minimum atomic E-state index is 0.0933. The number of thioether (sulfide) groups is 1. The quantitative estimate of drug-likeness (QED) is 0.918. The van der Waals surface area contributed by atoms with E-state index in [1.807, 2.05) is 30.0 Å². The number of aliphatic hydroxyl groups excluding tert-OH is 1. The van der Waals surface area contributed by atoms with Gasteiger partial charge in [0.25, 0.3) is 0 Å². The summed E-state index contributed by atoms with van der Waals surface area (Å²) < 4.78 is 6.17. The van der Waals surface area contributed by atoms with Gasteiger partial charge in [0.1, 0.15) is 0 Å². The first-order valence-electron chi connectivity index (χ1n) is 4.43. The second-order valence-corrected chi connectivity index (χ2v) is 5.40. The van der Waals surface area contributed by atoms with Crippen LogP contribution in [0.3, 0.4) is 0 Å². The molecule has 0 bridgehead atoms. The molecule has 0 amide bonds. The molecule has 2 nitrogen and oxygen atoms in total. The van der Waals surface area contributed by atoms with Crippen molar-refractivity contribution in [3.63, 3.8) is 0 Å². The van der Waals surface area contributed by atoms with Crippen molar-refractivity contribution in [3.8, 4) is 0 Å². The molecule has 1 aliphatic heterocycles. The highest BCUT2D eigenvalue weighted by Crippen LogP contribution is 2.33. The van der Waals surface area contributed by atoms with Gasteiger partial charge in [-0.25, -0.2) is 0 Å². The largest absolute Gasteiger partial charge is 0.392 e. The summed E-state index contributed by atoms with van der Waals surface area (Å²) in [5, 5.41) is 9.53. The van der Waals surface area contributed by atoms with Crippen molar-refractivity contribution in [2.75, 3.05) is 13.2 Å². The molecule has 76 valence electrons. The van der Waals surface area contributed by atoms with E-state index in [1.54, 1.807) is 0 Å². The maximum atomic E-state index is 8.94. The van der Waals surface area contributed by atoms with Gasteiger partial charge in [-0.15, -0.1) is 11.8 Å². The molecule has 1 fully saturated rings. The second-order valence-electron chi connectivity index (χ2n) is 3.20. The average Bonchev–Trinajstić information content (AvgIpc) is 2.13. The van der Waals surface area contributed by atoms with Crippen LogP contribution in [0.5, 0.6) is 0 Å². The lowest BCUT2D eigenvalue weighted by Gasteiger charge is -2.25. The van der Waals surface area contributed by atoms with Crippen molar-refractivity contribution < 1.29 is 9.84 Å². The maximum Gasteiger partial charge on any atom is 0.0682 e. The zero-order chi connectivity index (χ0) is 9.97. The molecular formula is C10H11BrO2S. The highest BCUT2D eigenvalue weighted by Gasteiger charge is 2.20. The first-order chi connectivity index (χ1) is 6.79. The van der Waals surface area contributed by atoms with Gasteiger partial charge in [-0.2, -0.15) is 0 Å². The highest BCUT2D eigenvalue weighted by molar-refractivity contribution is 9.10. The van der Waals surface area contributed by atoms with Crippen molar-refractivity contribution in [2.24, 2.45) is 0 Å². The Balaban J connectivity index is 2.09. The smallest absolute Gasteiger partial charge is 0.0682 e. The van der Waals surface area contributed by atoms with Gasteiger partial charge in [-0.05, 0) is 33.6 Å². The molecule has 4 heteroatoms. The van der Waals surface area contributed by atoms with Crippen molar-refractivity contribution in [2.45, 2.75) is 16.8 Å². The fourth-order valence-electron chi connectivity index (χ4n) is 1.20. The fraction of sp³-hybridized carbons (Fsp3) is 0.400. The minimum absolute atomic E-state index is 0.0933. The van der Waals surface area contributed by atoms with Crippen LogP contribution in [0.25, 0.3) is 0 Å². The molecule has 1 N–H and O–H groups in total. The first-order valence-corrected chi connectivity index (χ1v) is 6.10. The number of rotatable bonds is 3. The highest BCUT2D eigenvalue weighted by atomic mass is 79.9. The summed E-state index contributed by atoms with van der Waals surface area (Å²) in [5.74, 6) is 0. The van der Waals surface area contributed by atoms with Gasteiger partial charge in [0.2, 0.25) is 0 Å². The van der Waals surface area contributed by atoms with Crippen LogP contribution < -0.4 is 0 Å². The van der Waals surface area contributed by atoms with Crippen molar-refractivity contribution in [3.05, 3.63) is 28.2 Å². The van der Waals surface area contributed by atoms with Crippen LogP contribution >= 0.6 is 27.7 Å². The van der Waals surface area contributed by atoms with E-state index in [4.69, 9.17) is 9.84 Å². The number of halogens is 1. The van der Waals surface area contributed by atoms with Crippen LogP contribution in [0.2, 0.25) is 0 Å². The molecule has 14 heavy (non-hydrogen) atoms. The van der Waals surface area contributed by atoms with Crippen LogP contribution in [0.15, 0.2) is 27.6 Å². The molecule has 1 aliphatic rings. The third-order valence-corrected chi connectivity index (χ3v) is 4.21. The fourth-order valence-corrected chi connectivity index (χ4v) is 2.91. The van der Waals surface area contributed by atoms with Gasteiger partial charge in [-0.1, -0.05) is 6.07 Å². The van der Waals surface area contributed by atoms with Crippen LogP contribution in [0, 0.1) is 0 Å². The summed E-state index contributed by atoms with van der Waals surface area (Å²) in [6, 6.07) is 5.95. The summed E-state index contributed by atoms with van der Waals surface area (Å²) in [7, 11) is 0. The Bertz CT molecular complexity index is 326. The van der Waals surface area contributed by atoms with E-state index < -0.39 is 0 Å². The normalized spacial score (nSPS) is 16.7. The summed E-state index contributed by atoms with van der Waals surface area (Å²) in [5.41, 5.74) is 0.936. The Kier molecular flexibility index (Phi) is 3.49.